The molecule has 1 N–H and O–H groups in total. The van der Waals surface area contributed by atoms with E-state index in [0.29, 0.717) is 13.1 Å². The van der Waals surface area contributed by atoms with Gasteiger partial charge in [0, 0.05) is 26.2 Å². The van der Waals surface area contributed by atoms with E-state index in [1.54, 1.807) is 6.92 Å². The number of nitrogens with zero attached hydrogens (tertiary/aromatic N) is 2. The van der Waals surface area contributed by atoms with Gasteiger partial charge in [-0.1, -0.05) is 0 Å². The molecule has 0 aliphatic carbocycles. The molecular weight excluding hydrogens is 367 g/mol. The summed E-state index contributed by atoms with van der Waals surface area (Å²) in [6.45, 7) is 4.71. The van der Waals surface area contributed by atoms with Crippen molar-refractivity contribution in [3.05, 3.63) is 23.8 Å². The maximum atomic E-state index is 12.6. The zero-order valence-corrected chi connectivity index (χ0v) is 15.1. The highest BCUT2D eigenvalue weighted by Gasteiger charge is 2.32. The molecule has 0 atom stereocenters. The molecule has 150 valence electrons. The average molecular weight is 389 g/mol. The smallest absolute Gasteiger partial charge is 0.462 e. The van der Waals surface area contributed by atoms with Crippen LogP contribution in [0.5, 0.6) is 5.75 Å². The molecule has 1 saturated heterocycles. The highest BCUT2D eigenvalue weighted by atomic mass is 19.4. The third kappa shape index (κ3) is 6.72. The molecule has 1 amide bonds. The summed E-state index contributed by atoms with van der Waals surface area (Å²) in [6, 6.07) is 3.24. The van der Waals surface area contributed by atoms with Gasteiger partial charge >= 0.3 is 12.3 Å². The number of ether oxygens (including phenoxy) is 2. The minimum absolute atomic E-state index is 0.0151. The van der Waals surface area contributed by atoms with E-state index in [1.165, 1.54) is 0 Å². The molecule has 0 unspecified atom stereocenters. The van der Waals surface area contributed by atoms with Crippen molar-refractivity contribution in [2.24, 2.45) is 0 Å². The van der Waals surface area contributed by atoms with Crippen LogP contribution in [0.4, 0.5) is 18.9 Å². The van der Waals surface area contributed by atoms with E-state index >= 15 is 0 Å². The highest BCUT2D eigenvalue weighted by molar-refractivity contribution is 5.97. The number of hydrogen-bond donors (Lipinski definition) is 1. The summed E-state index contributed by atoms with van der Waals surface area (Å²) in [6.07, 6.45) is -4.93. The van der Waals surface area contributed by atoms with E-state index in [9.17, 15) is 22.8 Å². The molecule has 7 nitrogen and oxygen atoms in total. The molecule has 0 saturated carbocycles. The first-order valence-corrected chi connectivity index (χ1v) is 8.45. The lowest BCUT2D eigenvalue weighted by atomic mass is 10.2. The van der Waals surface area contributed by atoms with Crippen LogP contribution in [0.1, 0.15) is 17.3 Å². The second-order valence-electron chi connectivity index (χ2n) is 6.11. The molecular formula is C17H22F3N3O4. The van der Waals surface area contributed by atoms with Crippen LogP contribution in [-0.4, -0.2) is 74.4 Å². The second-order valence-corrected chi connectivity index (χ2v) is 6.11. The number of hydrogen-bond acceptors (Lipinski definition) is 6. The normalized spacial score (nSPS) is 16.0. The van der Waals surface area contributed by atoms with Crippen LogP contribution in [0.2, 0.25) is 0 Å². The SMILES string of the molecule is CCOC(=O)c1ccc(OC(F)(F)F)c(NC(=O)CN2CCN(C)CC2)c1. The fraction of sp³-hybridized carbons (Fsp3) is 0.529. The first-order valence-electron chi connectivity index (χ1n) is 8.45. The first-order chi connectivity index (χ1) is 12.7. The third-order valence-corrected chi connectivity index (χ3v) is 3.95. The lowest BCUT2D eigenvalue weighted by Gasteiger charge is -2.31. The number of alkyl halides is 3. The van der Waals surface area contributed by atoms with Gasteiger partial charge in [-0.05, 0) is 32.2 Å². The van der Waals surface area contributed by atoms with Gasteiger partial charge in [0.05, 0.1) is 24.4 Å². The quantitative estimate of drug-likeness (QED) is 0.750. The second kappa shape index (κ2) is 9.05. The Balaban J connectivity index is 2.13. The van der Waals surface area contributed by atoms with Crippen molar-refractivity contribution in [3.8, 4) is 5.75 Å². The predicted octanol–water partition coefficient (Wildman–Crippen LogP) is 1.95. The summed E-state index contributed by atoms with van der Waals surface area (Å²) < 4.78 is 46.6. The minimum Gasteiger partial charge on any atom is -0.462 e. The van der Waals surface area contributed by atoms with Crippen molar-refractivity contribution in [1.82, 2.24) is 9.80 Å². The molecule has 1 fully saturated rings. The van der Waals surface area contributed by atoms with E-state index in [0.717, 1.165) is 31.3 Å². The van der Waals surface area contributed by atoms with E-state index < -0.39 is 24.0 Å². The number of halogens is 3. The Morgan fingerprint density at radius 1 is 1.19 bits per heavy atom. The molecule has 2 rings (SSSR count). The summed E-state index contributed by atoms with van der Waals surface area (Å²) >= 11 is 0. The van der Waals surface area contributed by atoms with Crippen LogP contribution < -0.4 is 10.1 Å². The third-order valence-electron chi connectivity index (χ3n) is 3.95. The molecule has 1 aromatic carbocycles. The van der Waals surface area contributed by atoms with Crippen LogP contribution in [0.15, 0.2) is 18.2 Å². The molecule has 0 bridgehead atoms. The number of rotatable bonds is 6. The van der Waals surface area contributed by atoms with E-state index in [-0.39, 0.29) is 24.4 Å². The van der Waals surface area contributed by atoms with Gasteiger partial charge in [-0.15, -0.1) is 13.2 Å². The van der Waals surface area contributed by atoms with Crippen LogP contribution in [0.25, 0.3) is 0 Å². The number of benzene rings is 1. The Kier molecular flexibility index (Phi) is 7.03. The van der Waals surface area contributed by atoms with Crippen molar-refractivity contribution in [1.29, 1.82) is 0 Å². The van der Waals surface area contributed by atoms with Crippen molar-refractivity contribution >= 4 is 17.6 Å². The van der Waals surface area contributed by atoms with Gasteiger partial charge in [0.2, 0.25) is 5.91 Å². The van der Waals surface area contributed by atoms with E-state index in [4.69, 9.17) is 4.74 Å². The largest absolute Gasteiger partial charge is 0.573 e. The summed E-state index contributed by atoms with van der Waals surface area (Å²) in [7, 11) is 1.97. The number of esters is 1. The van der Waals surface area contributed by atoms with Gasteiger partial charge in [0.1, 0.15) is 0 Å². The maximum Gasteiger partial charge on any atom is 0.573 e. The Hall–Kier alpha value is -2.33. The van der Waals surface area contributed by atoms with Gasteiger partial charge in [0.25, 0.3) is 0 Å². The molecule has 0 spiro atoms. The van der Waals surface area contributed by atoms with Crippen LogP contribution in [0.3, 0.4) is 0 Å². The lowest BCUT2D eigenvalue weighted by molar-refractivity contribution is -0.274. The summed E-state index contributed by atoms with van der Waals surface area (Å²) in [5, 5.41) is 2.40. The van der Waals surface area contributed by atoms with Gasteiger partial charge in [0.15, 0.2) is 5.75 Å². The molecule has 0 radical (unpaired) electrons. The van der Waals surface area contributed by atoms with Gasteiger partial charge in [-0.2, -0.15) is 0 Å². The van der Waals surface area contributed by atoms with E-state index in [2.05, 4.69) is 15.0 Å². The molecule has 1 heterocycles. The first kappa shape index (κ1) is 21.0. The van der Waals surface area contributed by atoms with Crippen molar-refractivity contribution < 1.29 is 32.2 Å². The number of amides is 1. The number of anilines is 1. The molecule has 1 aromatic rings. The number of nitrogens with one attached hydrogen (secondary N) is 1. The predicted molar refractivity (Wildman–Crippen MR) is 91.6 cm³/mol. The number of carbonyl (C=O) groups is 2. The molecule has 1 aliphatic heterocycles. The maximum absolute atomic E-state index is 12.6. The fourth-order valence-corrected chi connectivity index (χ4v) is 2.58. The minimum atomic E-state index is -4.93. The summed E-state index contributed by atoms with van der Waals surface area (Å²) in [5.41, 5.74) is -0.224. The highest BCUT2D eigenvalue weighted by Crippen LogP contribution is 2.31. The van der Waals surface area contributed by atoms with Crippen molar-refractivity contribution in [2.45, 2.75) is 13.3 Å². The number of carbonyl (C=O) groups excluding carboxylic acids is 2. The Morgan fingerprint density at radius 3 is 2.44 bits per heavy atom. The molecule has 0 aromatic heterocycles. The zero-order valence-electron chi connectivity index (χ0n) is 15.1. The summed E-state index contributed by atoms with van der Waals surface area (Å²) in [4.78, 5) is 28.1. The van der Waals surface area contributed by atoms with Crippen molar-refractivity contribution in [2.75, 3.05) is 51.7 Å². The molecule has 27 heavy (non-hydrogen) atoms. The topological polar surface area (TPSA) is 71.1 Å². The average Bonchev–Trinajstić information content (AvgIpc) is 2.57. The lowest BCUT2D eigenvalue weighted by Crippen LogP contribution is -2.47. The zero-order chi connectivity index (χ0) is 20.0. The van der Waals surface area contributed by atoms with Gasteiger partial charge in [-0.3, -0.25) is 9.69 Å². The number of likely N-dealkylation sites (N-methyl/N-ethyl adjacent to an activating group) is 1. The van der Waals surface area contributed by atoms with Crippen LogP contribution >= 0.6 is 0 Å². The monoisotopic (exact) mass is 389 g/mol. The number of piperazine rings is 1. The standard InChI is InChI=1S/C17H22F3N3O4/c1-3-26-16(25)12-4-5-14(27-17(18,19)20)13(10-12)21-15(24)11-23-8-6-22(2)7-9-23/h4-5,10H,3,6-9,11H2,1-2H3,(H,21,24). The van der Waals surface area contributed by atoms with Gasteiger partial charge in [-0.25, -0.2) is 4.79 Å². The van der Waals surface area contributed by atoms with Gasteiger partial charge < -0.3 is 19.7 Å². The van der Waals surface area contributed by atoms with E-state index in [1.807, 2.05) is 11.9 Å². The van der Waals surface area contributed by atoms with Crippen molar-refractivity contribution in [3.63, 3.8) is 0 Å². The molecule has 10 heteroatoms. The Bertz CT molecular complexity index is 674. The van der Waals surface area contributed by atoms with Crippen LogP contribution in [-0.2, 0) is 9.53 Å². The molecule has 1 aliphatic rings. The van der Waals surface area contributed by atoms with Crippen LogP contribution in [0, 0.1) is 0 Å². The fourth-order valence-electron chi connectivity index (χ4n) is 2.58. The summed E-state index contributed by atoms with van der Waals surface area (Å²) in [5.74, 6) is -1.79. The Morgan fingerprint density at radius 2 is 1.85 bits per heavy atom. The Labute approximate surface area is 155 Å².